The van der Waals surface area contributed by atoms with Crippen molar-refractivity contribution in [1.29, 1.82) is 0 Å². The van der Waals surface area contributed by atoms with Crippen molar-refractivity contribution < 1.29 is 23.5 Å². The van der Waals surface area contributed by atoms with Crippen LogP contribution in [0.5, 0.6) is 11.5 Å². The molecule has 1 aromatic heterocycles. The summed E-state index contributed by atoms with van der Waals surface area (Å²) in [5.74, 6) is 2.63. The highest BCUT2D eigenvalue weighted by molar-refractivity contribution is 7.99. The second-order valence-corrected chi connectivity index (χ2v) is 6.94. The summed E-state index contributed by atoms with van der Waals surface area (Å²) in [6.45, 7) is 5.44. The summed E-state index contributed by atoms with van der Waals surface area (Å²) in [7, 11) is 3.18. The number of benzene rings is 1. The number of furan rings is 1. The van der Waals surface area contributed by atoms with Crippen LogP contribution in [0.2, 0.25) is 0 Å². The molecule has 27 heavy (non-hydrogen) atoms. The van der Waals surface area contributed by atoms with E-state index in [1.807, 2.05) is 19.1 Å². The fourth-order valence-electron chi connectivity index (χ4n) is 2.52. The molecule has 1 aromatic carbocycles. The Bertz CT molecular complexity index is 832. The van der Waals surface area contributed by atoms with Crippen LogP contribution in [0.15, 0.2) is 22.6 Å². The average Bonchev–Trinajstić information content (AvgIpc) is 2.98. The van der Waals surface area contributed by atoms with Crippen LogP contribution in [0.4, 0.5) is 0 Å². The van der Waals surface area contributed by atoms with Crippen molar-refractivity contribution in [3.8, 4) is 11.5 Å². The number of hydrazine groups is 1. The summed E-state index contributed by atoms with van der Waals surface area (Å²) < 4.78 is 15.9. The van der Waals surface area contributed by atoms with Gasteiger partial charge in [0.15, 0.2) is 11.5 Å². The predicted octanol–water partition coefficient (Wildman–Crippen LogP) is 2.92. The van der Waals surface area contributed by atoms with E-state index in [0.29, 0.717) is 34.3 Å². The van der Waals surface area contributed by atoms with E-state index >= 15 is 0 Å². The Balaban J connectivity index is 1.82. The maximum absolute atomic E-state index is 12.0. The Morgan fingerprint density at radius 3 is 2.30 bits per heavy atom. The number of aryl methyl sites for hydroxylation is 3. The third kappa shape index (κ3) is 5.43. The molecule has 2 N–H and O–H groups in total. The second-order valence-electron chi connectivity index (χ2n) is 5.96. The molecule has 0 aliphatic carbocycles. The zero-order valence-corrected chi connectivity index (χ0v) is 16.9. The van der Waals surface area contributed by atoms with Crippen molar-refractivity contribution in [3.63, 3.8) is 0 Å². The molecule has 0 saturated heterocycles. The molecule has 8 heteroatoms. The van der Waals surface area contributed by atoms with Crippen LogP contribution in [0.25, 0.3) is 0 Å². The molecular weight excluding hydrogens is 368 g/mol. The van der Waals surface area contributed by atoms with Crippen LogP contribution in [-0.4, -0.2) is 31.8 Å². The molecule has 0 atom stereocenters. The van der Waals surface area contributed by atoms with Crippen LogP contribution >= 0.6 is 11.8 Å². The summed E-state index contributed by atoms with van der Waals surface area (Å²) in [6, 6.07) is 5.44. The fourth-order valence-corrected chi connectivity index (χ4v) is 3.41. The first kappa shape index (κ1) is 20.7. The predicted molar refractivity (Wildman–Crippen MR) is 104 cm³/mol. The van der Waals surface area contributed by atoms with E-state index in [1.165, 1.54) is 11.8 Å². The van der Waals surface area contributed by atoms with Gasteiger partial charge >= 0.3 is 0 Å². The van der Waals surface area contributed by atoms with Crippen LogP contribution in [0, 0.1) is 20.8 Å². The molecular formula is C19H24N2O5S. The van der Waals surface area contributed by atoms with Crippen LogP contribution in [-0.2, 0) is 10.5 Å². The lowest BCUT2D eigenvalue weighted by atomic mass is 10.1. The normalized spacial score (nSPS) is 10.4. The molecule has 0 radical (unpaired) electrons. The maximum atomic E-state index is 12.0. The van der Waals surface area contributed by atoms with Gasteiger partial charge in [0.25, 0.3) is 5.91 Å². The number of carbonyl (C=O) groups excluding carboxylic acids is 2. The monoisotopic (exact) mass is 392 g/mol. The molecule has 2 rings (SSSR count). The summed E-state index contributed by atoms with van der Waals surface area (Å²) in [5.41, 5.74) is 7.33. The first-order valence-electron chi connectivity index (χ1n) is 8.31. The Kier molecular flexibility index (Phi) is 7.18. The molecule has 0 saturated carbocycles. The number of amides is 2. The standard InChI is InChI=1S/C19H24N2O5S/c1-11-6-16(24-4)17(25-5)8-14(11)9-27-10-18(22)20-21-19(23)15-7-12(2)26-13(15)3/h6-8H,9-10H2,1-5H3,(H,20,22)(H,21,23). The zero-order chi connectivity index (χ0) is 20.0. The smallest absolute Gasteiger partial charge is 0.273 e. The third-order valence-corrected chi connectivity index (χ3v) is 4.92. The third-order valence-electron chi connectivity index (χ3n) is 3.93. The molecule has 2 amide bonds. The number of hydrogen-bond acceptors (Lipinski definition) is 6. The lowest BCUT2D eigenvalue weighted by Gasteiger charge is -2.12. The van der Waals surface area contributed by atoms with E-state index in [4.69, 9.17) is 13.9 Å². The molecule has 146 valence electrons. The topological polar surface area (TPSA) is 89.8 Å². The number of carbonyl (C=O) groups is 2. The second kappa shape index (κ2) is 9.36. The van der Waals surface area contributed by atoms with E-state index in [-0.39, 0.29) is 11.7 Å². The SMILES string of the molecule is COc1cc(C)c(CSCC(=O)NNC(=O)c2cc(C)oc2C)cc1OC. The quantitative estimate of drug-likeness (QED) is 0.704. The minimum atomic E-state index is -0.404. The average molecular weight is 392 g/mol. The van der Waals surface area contributed by atoms with E-state index in [0.717, 1.165) is 11.1 Å². The largest absolute Gasteiger partial charge is 0.493 e. The van der Waals surface area contributed by atoms with Gasteiger partial charge in [-0.05, 0) is 50.1 Å². The first-order valence-corrected chi connectivity index (χ1v) is 9.46. The molecule has 0 aliphatic heterocycles. The molecule has 0 unspecified atom stereocenters. The number of ether oxygens (including phenoxy) is 2. The highest BCUT2D eigenvalue weighted by Gasteiger charge is 2.14. The first-order chi connectivity index (χ1) is 12.8. The van der Waals surface area contributed by atoms with Crippen molar-refractivity contribution in [2.24, 2.45) is 0 Å². The molecule has 0 fully saturated rings. The lowest BCUT2D eigenvalue weighted by Crippen LogP contribution is -2.42. The van der Waals surface area contributed by atoms with Gasteiger partial charge in [-0.3, -0.25) is 20.4 Å². The van der Waals surface area contributed by atoms with Crippen molar-refractivity contribution in [2.75, 3.05) is 20.0 Å². The number of nitrogens with one attached hydrogen (secondary N) is 2. The van der Waals surface area contributed by atoms with Crippen LogP contribution in [0.1, 0.15) is 33.0 Å². The van der Waals surface area contributed by atoms with Gasteiger partial charge in [-0.1, -0.05) is 0 Å². The lowest BCUT2D eigenvalue weighted by molar-refractivity contribution is -0.119. The van der Waals surface area contributed by atoms with E-state index < -0.39 is 5.91 Å². The van der Waals surface area contributed by atoms with E-state index in [9.17, 15) is 9.59 Å². The number of thioether (sulfide) groups is 1. The van der Waals surface area contributed by atoms with Crippen molar-refractivity contribution in [1.82, 2.24) is 10.9 Å². The summed E-state index contributed by atoms with van der Waals surface area (Å²) in [6.07, 6.45) is 0. The number of rotatable bonds is 7. The van der Waals surface area contributed by atoms with E-state index in [2.05, 4.69) is 10.9 Å². The van der Waals surface area contributed by atoms with Gasteiger partial charge in [0.05, 0.1) is 25.5 Å². The van der Waals surface area contributed by atoms with Crippen molar-refractivity contribution >= 4 is 23.6 Å². The van der Waals surface area contributed by atoms with Gasteiger partial charge in [0.1, 0.15) is 11.5 Å². The molecule has 2 aromatic rings. The highest BCUT2D eigenvalue weighted by atomic mass is 32.2. The zero-order valence-electron chi connectivity index (χ0n) is 16.1. The molecule has 0 bridgehead atoms. The minimum Gasteiger partial charge on any atom is -0.493 e. The number of methoxy groups -OCH3 is 2. The minimum absolute atomic E-state index is 0.206. The summed E-state index contributed by atoms with van der Waals surface area (Å²) in [5, 5.41) is 0. The van der Waals surface area contributed by atoms with Crippen molar-refractivity contribution in [2.45, 2.75) is 26.5 Å². The van der Waals surface area contributed by atoms with Gasteiger partial charge in [0, 0.05) is 5.75 Å². The summed E-state index contributed by atoms with van der Waals surface area (Å²) >= 11 is 1.44. The summed E-state index contributed by atoms with van der Waals surface area (Å²) in [4.78, 5) is 24.0. The van der Waals surface area contributed by atoms with Gasteiger partial charge in [-0.2, -0.15) is 0 Å². The Morgan fingerprint density at radius 2 is 1.70 bits per heavy atom. The number of hydrogen-bond donors (Lipinski definition) is 2. The maximum Gasteiger partial charge on any atom is 0.273 e. The van der Waals surface area contributed by atoms with Gasteiger partial charge in [-0.15, -0.1) is 11.8 Å². The highest BCUT2D eigenvalue weighted by Crippen LogP contribution is 2.31. The Labute approximate surface area is 162 Å². The Morgan fingerprint density at radius 1 is 1.04 bits per heavy atom. The molecule has 7 nitrogen and oxygen atoms in total. The molecule has 0 aliphatic rings. The molecule has 1 heterocycles. The van der Waals surface area contributed by atoms with Gasteiger partial charge in [-0.25, -0.2) is 0 Å². The van der Waals surface area contributed by atoms with Gasteiger partial charge < -0.3 is 13.9 Å². The van der Waals surface area contributed by atoms with Crippen LogP contribution < -0.4 is 20.3 Å². The van der Waals surface area contributed by atoms with Crippen molar-refractivity contribution in [3.05, 3.63) is 46.4 Å². The van der Waals surface area contributed by atoms with Crippen LogP contribution in [0.3, 0.4) is 0 Å². The van der Waals surface area contributed by atoms with Gasteiger partial charge in [0.2, 0.25) is 5.91 Å². The fraction of sp³-hybridized carbons (Fsp3) is 0.368. The Hall–Kier alpha value is -2.61. The van der Waals surface area contributed by atoms with E-state index in [1.54, 1.807) is 34.1 Å². The molecule has 0 spiro atoms.